The fraction of sp³-hybridized carbons (Fsp3) is 0.440. The maximum absolute atomic E-state index is 13.6. The summed E-state index contributed by atoms with van der Waals surface area (Å²) in [7, 11) is 0.349. The molecule has 4 rings (SSSR count). The lowest BCUT2D eigenvalue weighted by molar-refractivity contribution is 0.0985. The summed E-state index contributed by atoms with van der Waals surface area (Å²) in [5.41, 5.74) is 1.35. The SMILES string of the molecule is CSc1cccc2sc(N(CCN(C)C)C(=O)c3ccc(S(=O)(=O)N4CCCCC4C)cc3)nc12.Cl. The van der Waals surface area contributed by atoms with Gasteiger partial charge in [-0.1, -0.05) is 23.8 Å². The summed E-state index contributed by atoms with van der Waals surface area (Å²) in [6.45, 7) is 3.65. The van der Waals surface area contributed by atoms with E-state index in [9.17, 15) is 13.2 Å². The van der Waals surface area contributed by atoms with Crippen LogP contribution in [0.3, 0.4) is 0 Å². The van der Waals surface area contributed by atoms with Gasteiger partial charge in [-0.05, 0) is 76.5 Å². The van der Waals surface area contributed by atoms with Crippen molar-refractivity contribution in [1.29, 1.82) is 0 Å². The van der Waals surface area contributed by atoms with Gasteiger partial charge in [0.15, 0.2) is 5.13 Å². The monoisotopic (exact) mass is 568 g/mol. The summed E-state index contributed by atoms with van der Waals surface area (Å²) < 4.78 is 29.0. The Kier molecular flexibility index (Phi) is 9.81. The molecule has 196 valence electrons. The van der Waals surface area contributed by atoms with Crippen LogP contribution >= 0.6 is 35.5 Å². The van der Waals surface area contributed by atoms with E-state index in [1.165, 1.54) is 11.3 Å². The van der Waals surface area contributed by atoms with E-state index >= 15 is 0 Å². The molecular formula is C25H33ClN4O3S3. The third kappa shape index (κ3) is 6.06. The van der Waals surface area contributed by atoms with Crippen molar-refractivity contribution in [1.82, 2.24) is 14.2 Å². The van der Waals surface area contributed by atoms with Crippen LogP contribution in [0.5, 0.6) is 0 Å². The Bertz CT molecular complexity index is 1300. The Morgan fingerprint density at radius 1 is 1.14 bits per heavy atom. The Morgan fingerprint density at radius 2 is 1.86 bits per heavy atom. The molecule has 7 nitrogen and oxygen atoms in total. The van der Waals surface area contributed by atoms with Gasteiger partial charge in [0.05, 0.1) is 15.1 Å². The van der Waals surface area contributed by atoms with Crippen LogP contribution in [0.2, 0.25) is 0 Å². The van der Waals surface area contributed by atoms with Crippen molar-refractivity contribution >= 4 is 66.8 Å². The predicted molar refractivity (Wildman–Crippen MR) is 153 cm³/mol. The minimum Gasteiger partial charge on any atom is -0.308 e. The molecule has 1 saturated heterocycles. The topological polar surface area (TPSA) is 73.8 Å². The quantitative estimate of drug-likeness (QED) is 0.347. The lowest BCUT2D eigenvalue weighted by Crippen LogP contribution is -2.41. The molecule has 2 heterocycles. The Labute approximate surface area is 228 Å². The first-order valence-corrected chi connectivity index (χ1v) is 15.2. The molecule has 1 aromatic heterocycles. The van der Waals surface area contributed by atoms with Gasteiger partial charge < -0.3 is 4.90 Å². The van der Waals surface area contributed by atoms with E-state index in [4.69, 9.17) is 4.98 Å². The van der Waals surface area contributed by atoms with E-state index in [1.807, 2.05) is 50.4 Å². The fourth-order valence-electron chi connectivity index (χ4n) is 4.27. The lowest BCUT2D eigenvalue weighted by Gasteiger charge is -2.32. The highest BCUT2D eigenvalue weighted by Gasteiger charge is 2.31. The molecule has 11 heteroatoms. The van der Waals surface area contributed by atoms with Crippen molar-refractivity contribution in [2.45, 2.75) is 42.0 Å². The van der Waals surface area contributed by atoms with Crippen LogP contribution in [0.4, 0.5) is 5.13 Å². The number of thioether (sulfide) groups is 1. The summed E-state index contributed by atoms with van der Waals surface area (Å²) in [6, 6.07) is 12.4. The number of hydrogen-bond donors (Lipinski definition) is 0. The van der Waals surface area contributed by atoms with Crippen LogP contribution < -0.4 is 4.90 Å². The highest BCUT2D eigenvalue weighted by Crippen LogP contribution is 2.35. The number of thiazole rings is 1. The fourth-order valence-corrected chi connectivity index (χ4v) is 7.61. The van der Waals surface area contributed by atoms with Gasteiger partial charge >= 0.3 is 0 Å². The van der Waals surface area contributed by atoms with Crippen molar-refractivity contribution < 1.29 is 13.2 Å². The molecule has 1 fully saturated rings. The van der Waals surface area contributed by atoms with Crippen LogP contribution in [-0.4, -0.2) is 74.5 Å². The number of carbonyl (C=O) groups excluding carboxylic acids is 1. The normalized spacial score (nSPS) is 16.8. The molecule has 1 atom stereocenters. The van der Waals surface area contributed by atoms with E-state index < -0.39 is 10.0 Å². The second kappa shape index (κ2) is 12.2. The number of piperidine rings is 1. The Balaban J connectivity index is 0.00000361. The maximum atomic E-state index is 13.6. The number of likely N-dealkylation sites (N-methyl/N-ethyl adjacent to an activating group) is 1. The minimum absolute atomic E-state index is 0. The molecule has 1 aliphatic rings. The maximum Gasteiger partial charge on any atom is 0.260 e. The van der Waals surface area contributed by atoms with Gasteiger partial charge in [0.1, 0.15) is 0 Å². The summed E-state index contributed by atoms with van der Waals surface area (Å²) in [6.07, 6.45) is 4.81. The average molecular weight is 569 g/mol. The lowest BCUT2D eigenvalue weighted by atomic mass is 10.1. The van der Waals surface area contributed by atoms with E-state index in [1.54, 1.807) is 45.2 Å². The molecule has 0 spiro atoms. The van der Waals surface area contributed by atoms with Crippen molar-refractivity contribution in [3.05, 3.63) is 48.0 Å². The molecule has 1 aliphatic heterocycles. The number of aromatic nitrogens is 1. The summed E-state index contributed by atoms with van der Waals surface area (Å²) in [5.74, 6) is -0.188. The number of amides is 1. The first-order valence-electron chi connectivity index (χ1n) is 11.7. The molecule has 0 bridgehead atoms. The molecule has 0 aliphatic carbocycles. The number of para-hydroxylation sites is 1. The third-order valence-corrected chi connectivity index (χ3v) is 10.1. The van der Waals surface area contributed by atoms with Gasteiger partial charge in [-0.15, -0.1) is 24.2 Å². The van der Waals surface area contributed by atoms with Gasteiger partial charge in [0.2, 0.25) is 10.0 Å². The molecule has 0 radical (unpaired) electrons. The van der Waals surface area contributed by atoms with Crippen LogP contribution in [0.1, 0.15) is 36.5 Å². The number of nitrogens with zero attached hydrogens (tertiary/aromatic N) is 4. The van der Waals surface area contributed by atoms with E-state index in [-0.39, 0.29) is 29.3 Å². The number of rotatable bonds is 8. The number of fused-ring (bicyclic) bond motifs is 1. The van der Waals surface area contributed by atoms with E-state index in [0.717, 1.165) is 34.4 Å². The number of halogens is 1. The van der Waals surface area contributed by atoms with Crippen molar-refractivity contribution in [2.75, 3.05) is 44.9 Å². The van der Waals surface area contributed by atoms with Crippen LogP contribution in [-0.2, 0) is 10.0 Å². The van der Waals surface area contributed by atoms with Crippen molar-refractivity contribution in [2.24, 2.45) is 0 Å². The number of sulfonamides is 1. The van der Waals surface area contributed by atoms with Gasteiger partial charge in [-0.3, -0.25) is 9.69 Å². The van der Waals surface area contributed by atoms with Crippen molar-refractivity contribution in [3.8, 4) is 0 Å². The van der Waals surface area contributed by atoms with E-state index in [0.29, 0.717) is 30.3 Å². The highest BCUT2D eigenvalue weighted by molar-refractivity contribution is 7.98. The molecule has 1 amide bonds. The highest BCUT2D eigenvalue weighted by atomic mass is 35.5. The average Bonchev–Trinajstić information content (AvgIpc) is 3.28. The van der Waals surface area contributed by atoms with Crippen molar-refractivity contribution in [3.63, 3.8) is 0 Å². The molecular weight excluding hydrogens is 536 g/mol. The standard InChI is InChI=1S/C25H32N4O3S3.ClH/c1-18-8-5-6-15-29(18)35(31,32)20-13-11-19(12-14-20)24(30)28(17-16-27(2)3)25-26-23-21(33-4)9-7-10-22(23)34-25;/h7,9-14,18H,5-6,8,15-17H2,1-4H3;1H. The minimum atomic E-state index is -3.58. The zero-order chi connectivity index (χ0) is 25.2. The second-order valence-electron chi connectivity index (χ2n) is 9.05. The molecule has 36 heavy (non-hydrogen) atoms. The summed E-state index contributed by atoms with van der Waals surface area (Å²) >= 11 is 3.13. The summed E-state index contributed by atoms with van der Waals surface area (Å²) in [5, 5.41) is 0.646. The Morgan fingerprint density at radius 3 is 2.50 bits per heavy atom. The summed E-state index contributed by atoms with van der Waals surface area (Å²) in [4.78, 5) is 23.5. The van der Waals surface area contributed by atoms with Gasteiger partial charge in [-0.2, -0.15) is 4.31 Å². The first kappa shape index (κ1) is 28.9. The van der Waals surface area contributed by atoms with Gasteiger partial charge in [0, 0.05) is 36.1 Å². The number of anilines is 1. The number of carbonyl (C=O) groups is 1. The number of hydrogen-bond acceptors (Lipinski definition) is 7. The largest absolute Gasteiger partial charge is 0.308 e. The third-order valence-electron chi connectivity index (χ3n) is 6.29. The van der Waals surface area contributed by atoms with Crippen LogP contribution in [0, 0.1) is 0 Å². The molecule has 1 unspecified atom stereocenters. The zero-order valence-electron chi connectivity index (χ0n) is 21.0. The molecule has 2 aromatic carbocycles. The molecule has 0 N–H and O–H groups in total. The van der Waals surface area contributed by atoms with Crippen LogP contribution in [0.25, 0.3) is 10.2 Å². The smallest absolute Gasteiger partial charge is 0.260 e. The number of benzene rings is 2. The van der Waals surface area contributed by atoms with Crippen LogP contribution in [0.15, 0.2) is 52.3 Å². The zero-order valence-corrected chi connectivity index (χ0v) is 24.3. The molecule has 0 saturated carbocycles. The van der Waals surface area contributed by atoms with Gasteiger partial charge in [-0.25, -0.2) is 13.4 Å². The molecule has 3 aromatic rings. The second-order valence-corrected chi connectivity index (χ2v) is 12.8. The predicted octanol–water partition coefficient (Wildman–Crippen LogP) is 5.21. The Hall–Kier alpha value is -1.69. The van der Waals surface area contributed by atoms with Gasteiger partial charge in [0.25, 0.3) is 5.91 Å². The van der Waals surface area contributed by atoms with E-state index in [2.05, 4.69) is 0 Å². The first-order chi connectivity index (χ1) is 16.7.